The smallest absolute Gasteiger partial charge is 0.252 e. The molecule has 0 aliphatic carbocycles. The molecule has 0 saturated carbocycles. The normalized spacial score (nSPS) is 18.5. The highest BCUT2D eigenvalue weighted by atomic mass is 32.2. The molecule has 2 rings (SSSR count). The fourth-order valence-corrected chi connectivity index (χ4v) is 4.95. The van der Waals surface area contributed by atoms with E-state index in [1.165, 1.54) is 12.8 Å². The van der Waals surface area contributed by atoms with Crippen LogP contribution in [-0.4, -0.2) is 44.5 Å². The minimum atomic E-state index is -3.49. The highest BCUT2D eigenvalue weighted by Crippen LogP contribution is 2.24. The van der Waals surface area contributed by atoms with E-state index in [0.29, 0.717) is 12.2 Å². The van der Waals surface area contributed by atoms with Gasteiger partial charge in [0.1, 0.15) is 0 Å². The molecule has 0 spiro atoms. The predicted octanol–water partition coefficient (Wildman–Crippen LogP) is 1.04. The van der Waals surface area contributed by atoms with Gasteiger partial charge in [-0.15, -0.1) is 0 Å². The summed E-state index contributed by atoms with van der Waals surface area (Å²) in [4.78, 5) is 6.34. The van der Waals surface area contributed by atoms with Gasteiger partial charge in [-0.1, -0.05) is 18.3 Å². The molecule has 1 unspecified atom stereocenters. The topological polar surface area (TPSA) is 88.3 Å². The lowest BCUT2D eigenvalue weighted by molar-refractivity contribution is 0.288. The number of aromatic nitrogens is 1. The van der Waals surface area contributed by atoms with E-state index < -0.39 is 10.0 Å². The second kappa shape index (κ2) is 6.38. The van der Waals surface area contributed by atoms with Gasteiger partial charge >= 0.3 is 0 Å². The maximum atomic E-state index is 12.2. The van der Waals surface area contributed by atoms with E-state index in [4.69, 9.17) is 5.73 Å². The lowest BCUT2D eigenvalue weighted by Crippen LogP contribution is -2.34. The van der Waals surface area contributed by atoms with Crippen molar-refractivity contribution in [2.24, 2.45) is 5.92 Å². The Morgan fingerprint density at radius 3 is 2.65 bits per heavy atom. The third kappa shape index (κ3) is 3.91. The number of thiazole rings is 1. The van der Waals surface area contributed by atoms with Crippen LogP contribution < -0.4 is 10.5 Å². The molecule has 1 aliphatic heterocycles. The first-order valence-corrected chi connectivity index (χ1v) is 9.13. The number of anilines is 1. The van der Waals surface area contributed by atoms with Crippen molar-refractivity contribution in [3.05, 3.63) is 5.69 Å². The maximum absolute atomic E-state index is 12.2. The third-order valence-electron chi connectivity index (χ3n) is 3.41. The molecule has 1 aromatic heterocycles. The summed E-state index contributed by atoms with van der Waals surface area (Å²) in [5.74, 6) is 0.286. The molecule has 20 heavy (non-hydrogen) atoms. The molecule has 1 atom stereocenters. The van der Waals surface area contributed by atoms with Crippen molar-refractivity contribution in [1.29, 1.82) is 0 Å². The Balaban J connectivity index is 1.90. The van der Waals surface area contributed by atoms with Crippen LogP contribution in [-0.2, 0) is 10.0 Å². The van der Waals surface area contributed by atoms with Crippen molar-refractivity contribution >= 4 is 26.5 Å². The minimum absolute atomic E-state index is 0.225. The van der Waals surface area contributed by atoms with E-state index >= 15 is 0 Å². The van der Waals surface area contributed by atoms with Gasteiger partial charge in [-0.3, -0.25) is 0 Å². The van der Waals surface area contributed by atoms with Crippen molar-refractivity contribution in [2.45, 2.75) is 30.9 Å². The lowest BCUT2D eigenvalue weighted by atomic mass is 10.2. The van der Waals surface area contributed by atoms with Crippen LogP contribution in [0.2, 0.25) is 0 Å². The summed E-state index contributed by atoms with van der Waals surface area (Å²) in [5.41, 5.74) is 6.01. The van der Waals surface area contributed by atoms with Gasteiger partial charge in [0.2, 0.25) is 0 Å². The van der Waals surface area contributed by atoms with Crippen molar-refractivity contribution in [3.8, 4) is 0 Å². The number of hydrogen-bond donors (Lipinski definition) is 2. The van der Waals surface area contributed by atoms with E-state index in [1.54, 1.807) is 6.92 Å². The molecule has 2 heterocycles. The lowest BCUT2D eigenvalue weighted by Gasteiger charge is -2.20. The Morgan fingerprint density at radius 2 is 2.10 bits per heavy atom. The van der Waals surface area contributed by atoms with Gasteiger partial charge in [0.25, 0.3) is 10.0 Å². The minimum Gasteiger partial charge on any atom is -0.375 e. The molecule has 8 heteroatoms. The summed E-state index contributed by atoms with van der Waals surface area (Å²) in [6.07, 6.45) is 2.50. The molecule has 114 valence electrons. The number of sulfonamides is 1. The fourth-order valence-electron chi connectivity index (χ4n) is 2.44. The molecule has 0 aromatic carbocycles. The third-order valence-corrected chi connectivity index (χ3v) is 6.42. The summed E-state index contributed by atoms with van der Waals surface area (Å²) >= 11 is 1.01. The molecule has 1 saturated heterocycles. The summed E-state index contributed by atoms with van der Waals surface area (Å²) in [6, 6.07) is 0. The van der Waals surface area contributed by atoms with Crippen LogP contribution in [0.5, 0.6) is 0 Å². The average molecular weight is 318 g/mol. The molecule has 1 aromatic rings. The van der Waals surface area contributed by atoms with Crippen LogP contribution in [0.1, 0.15) is 25.5 Å². The summed E-state index contributed by atoms with van der Waals surface area (Å²) in [7, 11) is -3.49. The van der Waals surface area contributed by atoms with Gasteiger partial charge in [-0.05, 0) is 38.8 Å². The van der Waals surface area contributed by atoms with Crippen molar-refractivity contribution < 1.29 is 8.42 Å². The van der Waals surface area contributed by atoms with Gasteiger partial charge in [0, 0.05) is 13.1 Å². The van der Waals surface area contributed by atoms with Crippen LogP contribution in [0.15, 0.2) is 4.21 Å². The van der Waals surface area contributed by atoms with Crippen LogP contribution >= 0.6 is 11.3 Å². The van der Waals surface area contributed by atoms with E-state index in [1.807, 2.05) is 0 Å². The van der Waals surface area contributed by atoms with Gasteiger partial charge in [-0.25, -0.2) is 18.1 Å². The standard InChI is InChI=1S/C12H22N4O2S2/c1-9(8-16-5-3-4-6-16)7-14-20(17,18)11-10(2)15-12(13)19-11/h9,14H,3-8H2,1-2H3,(H2,13,15). The van der Waals surface area contributed by atoms with Gasteiger partial charge in [0.15, 0.2) is 9.34 Å². The number of rotatable bonds is 6. The highest BCUT2D eigenvalue weighted by molar-refractivity contribution is 7.91. The van der Waals surface area contributed by atoms with E-state index in [9.17, 15) is 8.42 Å². The summed E-state index contributed by atoms with van der Waals surface area (Å²) in [6.45, 7) is 7.36. The van der Waals surface area contributed by atoms with Crippen molar-refractivity contribution in [2.75, 3.05) is 31.9 Å². The number of likely N-dealkylation sites (tertiary alicyclic amines) is 1. The molecule has 0 bridgehead atoms. The number of aryl methyl sites for hydroxylation is 1. The average Bonchev–Trinajstić information content (AvgIpc) is 2.97. The maximum Gasteiger partial charge on any atom is 0.252 e. The number of nitrogens with zero attached hydrogens (tertiary/aromatic N) is 2. The first kappa shape index (κ1) is 15.7. The largest absolute Gasteiger partial charge is 0.375 e. The van der Waals surface area contributed by atoms with Gasteiger partial charge in [0.05, 0.1) is 5.69 Å². The molecule has 1 aliphatic rings. The Kier molecular flexibility index (Phi) is 5.00. The van der Waals surface area contributed by atoms with Crippen LogP contribution in [0, 0.1) is 12.8 Å². The van der Waals surface area contributed by atoms with Crippen LogP contribution in [0.4, 0.5) is 5.13 Å². The second-order valence-corrected chi connectivity index (χ2v) is 8.38. The Morgan fingerprint density at radius 1 is 1.45 bits per heavy atom. The predicted molar refractivity (Wildman–Crippen MR) is 81.3 cm³/mol. The molecule has 0 amide bonds. The number of nitrogen functional groups attached to an aromatic ring is 1. The van der Waals surface area contributed by atoms with Crippen LogP contribution in [0.3, 0.4) is 0 Å². The van der Waals surface area contributed by atoms with E-state index in [0.717, 1.165) is 31.0 Å². The number of nitrogens with one attached hydrogen (secondary N) is 1. The Bertz CT molecular complexity index is 550. The van der Waals surface area contributed by atoms with Crippen molar-refractivity contribution in [3.63, 3.8) is 0 Å². The summed E-state index contributed by atoms with van der Waals surface area (Å²) in [5, 5.41) is 0.285. The fraction of sp³-hybridized carbons (Fsp3) is 0.750. The number of hydrogen-bond acceptors (Lipinski definition) is 6. The zero-order valence-electron chi connectivity index (χ0n) is 11.9. The first-order chi connectivity index (χ1) is 9.38. The number of nitrogens with two attached hydrogens (primary N) is 1. The zero-order valence-corrected chi connectivity index (χ0v) is 13.6. The van der Waals surface area contributed by atoms with E-state index in [2.05, 4.69) is 21.5 Å². The monoisotopic (exact) mass is 318 g/mol. The molecule has 0 radical (unpaired) electrons. The molecular weight excluding hydrogens is 296 g/mol. The van der Waals surface area contributed by atoms with E-state index in [-0.39, 0.29) is 15.3 Å². The first-order valence-electron chi connectivity index (χ1n) is 6.83. The van der Waals surface area contributed by atoms with Gasteiger partial charge < -0.3 is 10.6 Å². The Labute approximate surface area is 124 Å². The highest BCUT2D eigenvalue weighted by Gasteiger charge is 2.22. The molecular formula is C12H22N4O2S2. The second-order valence-electron chi connectivity index (χ2n) is 5.39. The SMILES string of the molecule is Cc1nc(N)sc1S(=O)(=O)NCC(C)CN1CCCC1. The quantitative estimate of drug-likeness (QED) is 0.818. The zero-order chi connectivity index (χ0) is 14.8. The molecule has 3 N–H and O–H groups in total. The molecule has 1 fully saturated rings. The van der Waals surface area contributed by atoms with Crippen molar-refractivity contribution in [1.82, 2.24) is 14.6 Å². The van der Waals surface area contributed by atoms with Crippen LogP contribution in [0.25, 0.3) is 0 Å². The molecule has 6 nitrogen and oxygen atoms in total. The van der Waals surface area contributed by atoms with Gasteiger partial charge in [-0.2, -0.15) is 0 Å². The summed E-state index contributed by atoms with van der Waals surface area (Å²) < 4.78 is 27.3. The Hall–Kier alpha value is -0.700.